The second-order valence-electron chi connectivity index (χ2n) is 6.74. The molecule has 1 fully saturated rings. The summed E-state index contributed by atoms with van der Waals surface area (Å²) in [6.45, 7) is 1.51. The smallest absolute Gasteiger partial charge is 0.268 e. The van der Waals surface area contributed by atoms with Gasteiger partial charge in [0.2, 0.25) is 0 Å². The van der Waals surface area contributed by atoms with Crippen LogP contribution in [0.1, 0.15) is 47.9 Å². The number of halogens is 2. The molecule has 0 aliphatic carbocycles. The SMILES string of the molecule is O=C(NN1CCCCCC1)c1cc2c(cc1F)OC(c1ccc(F)cc1)O2. The number of fused-ring (bicyclic) bond motifs is 1. The molecular formula is C20H20F2N2O3. The second-order valence-corrected chi connectivity index (χ2v) is 6.74. The third-order valence-electron chi connectivity index (χ3n) is 4.75. The molecular weight excluding hydrogens is 354 g/mol. The number of hydrogen-bond donors (Lipinski definition) is 1. The number of nitrogens with zero attached hydrogens (tertiary/aromatic N) is 1. The van der Waals surface area contributed by atoms with Gasteiger partial charge in [-0.1, -0.05) is 12.8 Å². The molecule has 4 rings (SSSR count). The van der Waals surface area contributed by atoms with E-state index in [0.717, 1.165) is 44.8 Å². The van der Waals surface area contributed by atoms with E-state index in [1.54, 1.807) is 0 Å². The lowest BCUT2D eigenvalue weighted by molar-refractivity contribution is 0.0485. The summed E-state index contributed by atoms with van der Waals surface area (Å²) >= 11 is 0. The summed E-state index contributed by atoms with van der Waals surface area (Å²) in [5, 5.41) is 1.83. The summed E-state index contributed by atoms with van der Waals surface area (Å²) in [6.07, 6.45) is 3.47. The molecule has 1 atom stereocenters. The van der Waals surface area contributed by atoms with Crippen LogP contribution in [0.4, 0.5) is 8.78 Å². The Hall–Kier alpha value is -2.67. The topological polar surface area (TPSA) is 50.8 Å². The molecule has 0 saturated carbocycles. The van der Waals surface area contributed by atoms with Crippen LogP contribution >= 0.6 is 0 Å². The van der Waals surface area contributed by atoms with Crippen LogP contribution in [0.2, 0.25) is 0 Å². The van der Waals surface area contributed by atoms with Crippen LogP contribution in [0.5, 0.6) is 11.5 Å². The van der Waals surface area contributed by atoms with E-state index < -0.39 is 18.0 Å². The van der Waals surface area contributed by atoms with Crippen LogP contribution < -0.4 is 14.9 Å². The zero-order valence-corrected chi connectivity index (χ0v) is 14.7. The first kappa shape index (κ1) is 17.7. The lowest BCUT2D eigenvalue weighted by atomic mass is 10.2. The fraction of sp³-hybridized carbons (Fsp3) is 0.350. The number of benzene rings is 2. The molecule has 2 aromatic carbocycles. The Morgan fingerprint density at radius 1 is 0.963 bits per heavy atom. The summed E-state index contributed by atoms with van der Waals surface area (Å²) in [4.78, 5) is 12.5. The van der Waals surface area contributed by atoms with Crippen molar-refractivity contribution in [2.24, 2.45) is 0 Å². The first-order valence-corrected chi connectivity index (χ1v) is 9.08. The maximum absolute atomic E-state index is 14.4. The molecule has 1 amide bonds. The molecule has 2 aliphatic heterocycles. The predicted octanol–water partition coefficient (Wildman–Crippen LogP) is 3.96. The van der Waals surface area contributed by atoms with Crippen molar-refractivity contribution in [2.75, 3.05) is 13.1 Å². The molecule has 1 N–H and O–H groups in total. The predicted molar refractivity (Wildman–Crippen MR) is 94.3 cm³/mol. The number of amides is 1. The van der Waals surface area contributed by atoms with Gasteiger partial charge >= 0.3 is 0 Å². The average molecular weight is 374 g/mol. The van der Waals surface area contributed by atoms with Crippen molar-refractivity contribution in [2.45, 2.75) is 32.0 Å². The van der Waals surface area contributed by atoms with Crippen LogP contribution in [0, 0.1) is 11.6 Å². The Balaban J connectivity index is 1.50. The summed E-state index contributed by atoms with van der Waals surface area (Å²) in [5.74, 6) is -1.05. The van der Waals surface area contributed by atoms with Crippen molar-refractivity contribution in [3.05, 3.63) is 59.2 Å². The van der Waals surface area contributed by atoms with Gasteiger partial charge in [0.15, 0.2) is 11.5 Å². The van der Waals surface area contributed by atoms with Crippen molar-refractivity contribution in [1.29, 1.82) is 0 Å². The van der Waals surface area contributed by atoms with Crippen molar-refractivity contribution >= 4 is 5.91 Å². The number of nitrogens with one attached hydrogen (secondary N) is 1. The van der Waals surface area contributed by atoms with E-state index >= 15 is 0 Å². The van der Waals surface area contributed by atoms with Gasteiger partial charge in [0.1, 0.15) is 11.6 Å². The number of carbonyl (C=O) groups excluding carboxylic acids is 1. The van der Waals surface area contributed by atoms with E-state index in [1.807, 2.05) is 5.01 Å². The Morgan fingerprint density at radius 2 is 1.59 bits per heavy atom. The van der Waals surface area contributed by atoms with E-state index in [2.05, 4.69) is 5.43 Å². The number of hydrazine groups is 1. The molecule has 0 bridgehead atoms. The number of carbonyl (C=O) groups is 1. The van der Waals surface area contributed by atoms with Gasteiger partial charge in [-0.05, 0) is 43.2 Å². The second kappa shape index (κ2) is 7.52. The van der Waals surface area contributed by atoms with Crippen LogP contribution in [-0.2, 0) is 0 Å². The Kier molecular flexibility index (Phi) is 4.94. The van der Waals surface area contributed by atoms with Gasteiger partial charge in [-0.2, -0.15) is 0 Å². The Bertz CT molecular complexity index is 834. The molecule has 0 spiro atoms. The molecule has 0 radical (unpaired) electrons. The highest BCUT2D eigenvalue weighted by molar-refractivity contribution is 5.95. The molecule has 1 saturated heterocycles. The summed E-state index contributed by atoms with van der Waals surface area (Å²) < 4.78 is 38.8. The van der Waals surface area contributed by atoms with Crippen LogP contribution in [0.15, 0.2) is 36.4 Å². The van der Waals surface area contributed by atoms with Crippen LogP contribution in [0.3, 0.4) is 0 Å². The van der Waals surface area contributed by atoms with Gasteiger partial charge in [0, 0.05) is 24.7 Å². The van der Waals surface area contributed by atoms with E-state index in [-0.39, 0.29) is 22.9 Å². The van der Waals surface area contributed by atoms with Crippen molar-refractivity contribution in [3.63, 3.8) is 0 Å². The van der Waals surface area contributed by atoms with Crippen LogP contribution in [-0.4, -0.2) is 24.0 Å². The van der Waals surface area contributed by atoms with E-state index in [1.165, 1.54) is 30.3 Å². The minimum absolute atomic E-state index is 0.0960. The van der Waals surface area contributed by atoms with E-state index in [4.69, 9.17) is 9.47 Å². The third-order valence-corrected chi connectivity index (χ3v) is 4.75. The monoisotopic (exact) mass is 374 g/mol. The zero-order chi connectivity index (χ0) is 18.8. The molecule has 7 heteroatoms. The standard InChI is InChI=1S/C20H20F2N2O3/c21-14-7-5-13(6-8-14)20-26-17-11-15(16(22)12-18(17)27-20)19(25)23-24-9-3-1-2-4-10-24/h5-8,11-12,20H,1-4,9-10H2,(H,23,25). The molecule has 0 aromatic heterocycles. The molecule has 2 heterocycles. The number of rotatable bonds is 3. The third kappa shape index (κ3) is 3.88. The summed E-state index contributed by atoms with van der Waals surface area (Å²) in [7, 11) is 0. The highest BCUT2D eigenvalue weighted by Crippen LogP contribution is 2.41. The zero-order valence-electron chi connectivity index (χ0n) is 14.7. The minimum atomic E-state index is -0.802. The molecule has 27 heavy (non-hydrogen) atoms. The Morgan fingerprint density at radius 3 is 2.26 bits per heavy atom. The lowest BCUT2D eigenvalue weighted by Gasteiger charge is -2.21. The summed E-state index contributed by atoms with van der Waals surface area (Å²) in [6, 6.07) is 8.17. The van der Waals surface area contributed by atoms with Crippen molar-refractivity contribution in [1.82, 2.24) is 10.4 Å². The normalized spacial score (nSPS) is 19.6. The molecule has 2 aromatic rings. The lowest BCUT2D eigenvalue weighted by Crippen LogP contribution is -2.43. The van der Waals surface area contributed by atoms with Crippen LogP contribution in [0.25, 0.3) is 0 Å². The molecule has 142 valence electrons. The minimum Gasteiger partial charge on any atom is -0.447 e. The average Bonchev–Trinajstić information content (AvgIpc) is 2.88. The number of hydrogen-bond acceptors (Lipinski definition) is 4. The van der Waals surface area contributed by atoms with Crippen molar-refractivity contribution < 1.29 is 23.0 Å². The van der Waals surface area contributed by atoms with Gasteiger partial charge in [0.05, 0.1) is 5.56 Å². The van der Waals surface area contributed by atoms with Gasteiger partial charge in [-0.15, -0.1) is 0 Å². The fourth-order valence-corrected chi connectivity index (χ4v) is 3.29. The van der Waals surface area contributed by atoms with Crippen molar-refractivity contribution in [3.8, 4) is 11.5 Å². The quantitative estimate of drug-likeness (QED) is 0.884. The van der Waals surface area contributed by atoms with Gasteiger partial charge in [0.25, 0.3) is 12.2 Å². The van der Waals surface area contributed by atoms with Gasteiger partial charge in [-0.3, -0.25) is 10.2 Å². The highest BCUT2D eigenvalue weighted by atomic mass is 19.1. The molecule has 2 aliphatic rings. The first-order valence-electron chi connectivity index (χ1n) is 9.08. The largest absolute Gasteiger partial charge is 0.447 e. The first-order chi connectivity index (χ1) is 13.1. The number of ether oxygens (including phenoxy) is 2. The fourth-order valence-electron chi connectivity index (χ4n) is 3.29. The van der Waals surface area contributed by atoms with E-state index in [9.17, 15) is 13.6 Å². The molecule has 1 unspecified atom stereocenters. The van der Waals surface area contributed by atoms with E-state index in [0.29, 0.717) is 5.56 Å². The maximum atomic E-state index is 14.4. The van der Waals surface area contributed by atoms with Gasteiger partial charge < -0.3 is 9.47 Å². The highest BCUT2D eigenvalue weighted by Gasteiger charge is 2.29. The Labute approximate surface area is 155 Å². The maximum Gasteiger partial charge on any atom is 0.268 e. The van der Waals surface area contributed by atoms with Gasteiger partial charge in [-0.25, -0.2) is 13.8 Å². The summed E-state index contributed by atoms with van der Waals surface area (Å²) in [5.41, 5.74) is 3.28. The molecule has 5 nitrogen and oxygen atoms in total.